The molecule has 0 saturated heterocycles. The van der Waals surface area contributed by atoms with Crippen LogP contribution in [0.2, 0.25) is 0 Å². The highest BCUT2D eigenvalue weighted by atomic mass is 16.5. The second-order valence-electron chi connectivity index (χ2n) is 5.08. The summed E-state index contributed by atoms with van der Waals surface area (Å²) in [6, 6.07) is 12.3. The zero-order chi connectivity index (χ0) is 18.2. The molecule has 7 heteroatoms. The zero-order valence-electron chi connectivity index (χ0n) is 13.6. The van der Waals surface area contributed by atoms with Gasteiger partial charge >= 0.3 is 5.97 Å². The maximum absolute atomic E-state index is 11.9. The maximum atomic E-state index is 11.9. The van der Waals surface area contributed by atoms with E-state index in [1.807, 2.05) is 6.92 Å². The van der Waals surface area contributed by atoms with Crippen molar-refractivity contribution >= 4 is 23.5 Å². The van der Waals surface area contributed by atoms with Gasteiger partial charge in [0, 0.05) is 17.8 Å². The number of anilines is 1. The molecular weight excluding hydrogens is 324 g/mol. The average Bonchev–Trinajstić information content (AvgIpc) is 2.60. The fourth-order valence-electron chi connectivity index (χ4n) is 2.05. The minimum atomic E-state index is -0.802. The highest BCUT2D eigenvalue weighted by molar-refractivity contribution is 5.98. The number of amides is 2. The summed E-state index contributed by atoms with van der Waals surface area (Å²) in [4.78, 5) is 35.5. The number of rotatable bonds is 6. The molecule has 3 N–H and O–H groups in total. The van der Waals surface area contributed by atoms with E-state index in [2.05, 4.69) is 10.6 Å². The fraction of sp³-hybridized carbons (Fsp3) is 0.167. The third kappa shape index (κ3) is 5.07. The molecule has 2 aromatic carbocycles. The van der Waals surface area contributed by atoms with Gasteiger partial charge in [0.1, 0.15) is 11.3 Å². The Bertz CT molecular complexity index is 789. The summed E-state index contributed by atoms with van der Waals surface area (Å²) in [5.41, 5.74) is 0.798. The Morgan fingerprint density at radius 1 is 1.08 bits per heavy atom. The van der Waals surface area contributed by atoms with Crippen molar-refractivity contribution in [2.45, 2.75) is 6.92 Å². The van der Waals surface area contributed by atoms with E-state index >= 15 is 0 Å². The number of ether oxygens (including phenoxy) is 1. The number of phenolic OH excluding ortho intramolecular Hbond substituents is 1. The van der Waals surface area contributed by atoms with Crippen LogP contribution in [0, 0.1) is 0 Å². The summed E-state index contributed by atoms with van der Waals surface area (Å²) in [7, 11) is 0. The molecule has 7 nitrogen and oxygen atoms in total. The quantitative estimate of drug-likeness (QED) is 0.696. The third-order valence-electron chi connectivity index (χ3n) is 3.20. The van der Waals surface area contributed by atoms with Crippen molar-refractivity contribution in [1.82, 2.24) is 5.32 Å². The lowest BCUT2D eigenvalue weighted by Gasteiger charge is -2.09. The van der Waals surface area contributed by atoms with E-state index in [9.17, 15) is 19.5 Å². The van der Waals surface area contributed by atoms with Crippen molar-refractivity contribution in [2.24, 2.45) is 0 Å². The largest absolute Gasteiger partial charge is 0.507 e. The van der Waals surface area contributed by atoms with Gasteiger partial charge in [-0.05, 0) is 37.3 Å². The summed E-state index contributed by atoms with van der Waals surface area (Å²) in [6.45, 7) is 1.79. The van der Waals surface area contributed by atoms with Crippen LogP contribution in [0.1, 0.15) is 27.6 Å². The monoisotopic (exact) mass is 342 g/mol. The molecule has 25 heavy (non-hydrogen) atoms. The fourth-order valence-corrected chi connectivity index (χ4v) is 2.05. The summed E-state index contributed by atoms with van der Waals surface area (Å²) < 4.78 is 4.87. The van der Waals surface area contributed by atoms with Crippen LogP contribution in [0.3, 0.4) is 0 Å². The number of esters is 1. The highest BCUT2D eigenvalue weighted by Gasteiger charge is 2.14. The van der Waals surface area contributed by atoms with Crippen molar-refractivity contribution in [3.63, 3.8) is 0 Å². The molecule has 2 amide bonds. The number of phenols is 1. The lowest BCUT2D eigenvalue weighted by Crippen LogP contribution is -2.23. The number of nitrogens with one attached hydrogen (secondary N) is 2. The number of aromatic hydroxyl groups is 1. The second-order valence-corrected chi connectivity index (χ2v) is 5.08. The minimum absolute atomic E-state index is 0.0199. The van der Waals surface area contributed by atoms with Crippen molar-refractivity contribution in [3.05, 3.63) is 59.7 Å². The van der Waals surface area contributed by atoms with Crippen molar-refractivity contribution in [3.8, 4) is 5.75 Å². The molecule has 0 fully saturated rings. The Labute approximate surface area is 144 Å². The summed E-state index contributed by atoms with van der Waals surface area (Å²) in [5, 5.41) is 14.8. The number of benzene rings is 2. The Hall–Kier alpha value is -3.35. The Balaban J connectivity index is 1.92. The molecular formula is C18H18N2O5. The Kier molecular flexibility index (Phi) is 6.11. The molecule has 130 valence electrons. The van der Waals surface area contributed by atoms with Crippen molar-refractivity contribution in [1.29, 1.82) is 0 Å². The Morgan fingerprint density at radius 3 is 2.56 bits per heavy atom. The first-order chi connectivity index (χ1) is 12.0. The average molecular weight is 342 g/mol. The first-order valence-electron chi connectivity index (χ1n) is 7.64. The van der Waals surface area contributed by atoms with E-state index in [1.54, 1.807) is 30.3 Å². The first-order valence-corrected chi connectivity index (χ1v) is 7.64. The normalized spacial score (nSPS) is 9.96. The van der Waals surface area contributed by atoms with Gasteiger partial charge in [0.05, 0.1) is 0 Å². The third-order valence-corrected chi connectivity index (χ3v) is 3.20. The number of hydrogen-bond donors (Lipinski definition) is 3. The van der Waals surface area contributed by atoms with E-state index in [4.69, 9.17) is 4.74 Å². The molecule has 0 spiro atoms. The number of carbonyl (C=O) groups excluding carboxylic acids is 3. The molecule has 0 atom stereocenters. The van der Waals surface area contributed by atoms with Gasteiger partial charge in [-0.1, -0.05) is 18.2 Å². The minimum Gasteiger partial charge on any atom is -0.507 e. The SMILES string of the molecule is CCNC(=O)c1cccc(NC(=O)COC(=O)c2ccccc2O)c1. The van der Waals surface area contributed by atoms with E-state index in [0.717, 1.165) is 0 Å². The van der Waals surface area contributed by atoms with Gasteiger partial charge in [0.25, 0.3) is 11.8 Å². The van der Waals surface area contributed by atoms with E-state index in [1.165, 1.54) is 18.2 Å². The van der Waals surface area contributed by atoms with E-state index in [0.29, 0.717) is 17.8 Å². The van der Waals surface area contributed by atoms with Gasteiger partial charge in [0.15, 0.2) is 6.61 Å². The summed E-state index contributed by atoms with van der Waals surface area (Å²) in [5.74, 6) is -1.83. The predicted octanol–water partition coefficient (Wildman–Crippen LogP) is 1.94. The topological polar surface area (TPSA) is 105 Å². The van der Waals surface area contributed by atoms with Crippen LogP contribution < -0.4 is 10.6 Å². The molecule has 0 aliphatic carbocycles. The summed E-state index contributed by atoms with van der Waals surface area (Å²) >= 11 is 0. The van der Waals surface area contributed by atoms with Gasteiger partial charge in [0.2, 0.25) is 0 Å². The van der Waals surface area contributed by atoms with Crippen molar-refractivity contribution < 1.29 is 24.2 Å². The standard InChI is InChI=1S/C18H18N2O5/c1-2-19-17(23)12-6-5-7-13(10-12)20-16(22)11-25-18(24)14-8-3-4-9-15(14)21/h3-10,21H,2,11H2,1H3,(H,19,23)(H,20,22). The highest BCUT2D eigenvalue weighted by Crippen LogP contribution is 2.16. The number of para-hydroxylation sites is 1. The van der Waals surface area contributed by atoms with Gasteiger partial charge in [-0.15, -0.1) is 0 Å². The number of carbonyl (C=O) groups is 3. The maximum Gasteiger partial charge on any atom is 0.342 e. The van der Waals surface area contributed by atoms with Crippen LogP contribution in [0.4, 0.5) is 5.69 Å². The Morgan fingerprint density at radius 2 is 1.84 bits per heavy atom. The number of hydrogen-bond acceptors (Lipinski definition) is 5. The van der Waals surface area contributed by atoms with Crippen molar-refractivity contribution in [2.75, 3.05) is 18.5 Å². The summed E-state index contributed by atoms with van der Waals surface area (Å²) in [6.07, 6.45) is 0. The van der Waals surface area contributed by atoms with Gasteiger partial charge in [-0.2, -0.15) is 0 Å². The van der Waals surface area contributed by atoms with E-state index < -0.39 is 18.5 Å². The molecule has 0 aromatic heterocycles. The lowest BCUT2D eigenvalue weighted by atomic mass is 10.2. The van der Waals surface area contributed by atoms with E-state index in [-0.39, 0.29) is 17.2 Å². The van der Waals surface area contributed by atoms with Crippen LogP contribution in [-0.2, 0) is 9.53 Å². The van der Waals surface area contributed by atoms with Crippen LogP contribution in [0.5, 0.6) is 5.75 Å². The molecule has 2 rings (SSSR count). The first kappa shape index (κ1) is 18.0. The molecule has 0 saturated carbocycles. The van der Waals surface area contributed by atoms with Gasteiger partial charge in [-0.25, -0.2) is 4.79 Å². The molecule has 0 aliphatic heterocycles. The van der Waals surface area contributed by atoms with Crippen LogP contribution in [0.15, 0.2) is 48.5 Å². The smallest absolute Gasteiger partial charge is 0.342 e. The molecule has 0 unspecified atom stereocenters. The molecule has 2 aromatic rings. The lowest BCUT2D eigenvalue weighted by molar-refractivity contribution is -0.119. The molecule has 0 bridgehead atoms. The predicted molar refractivity (Wildman–Crippen MR) is 91.5 cm³/mol. The molecule has 0 heterocycles. The second kappa shape index (κ2) is 8.49. The van der Waals surface area contributed by atoms with Crippen LogP contribution in [-0.4, -0.2) is 36.0 Å². The molecule has 0 aliphatic rings. The zero-order valence-corrected chi connectivity index (χ0v) is 13.6. The van der Waals surface area contributed by atoms with Gasteiger partial charge < -0.3 is 20.5 Å². The van der Waals surface area contributed by atoms with Crippen LogP contribution in [0.25, 0.3) is 0 Å². The molecule has 0 radical (unpaired) electrons. The van der Waals surface area contributed by atoms with Crippen LogP contribution >= 0.6 is 0 Å². The van der Waals surface area contributed by atoms with Gasteiger partial charge in [-0.3, -0.25) is 9.59 Å².